The number of rotatable bonds is 3. The van der Waals surface area contributed by atoms with E-state index >= 15 is 0 Å². The number of hydrogen-bond donors (Lipinski definition) is 0. The van der Waals surface area contributed by atoms with Crippen molar-refractivity contribution in [2.45, 2.75) is 12.8 Å². The molecule has 1 aromatic heterocycles. The number of anilines is 1. The molecular weight excluding hydrogens is 194 g/mol. The first-order valence-corrected chi connectivity index (χ1v) is 5.05. The Bertz CT molecular complexity index is 315. The summed E-state index contributed by atoms with van der Waals surface area (Å²) >= 11 is 0. The first kappa shape index (κ1) is 10.0. The Morgan fingerprint density at radius 3 is 2.07 bits per heavy atom. The Labute approximate surface area is 89.0 Å². The van der Waals surface area contributed by atoms with Crippen LogP contribution in [0.1, 0.15) is 12.8 Å². The molecule has 0 bridgehead atoms. The minimum absolute atomic E-state index is 0.545. The average Bonchev–Trinajstić information content (AvgIpc) is 2.81. The van der Waals surface area contributed by atoms with E-state index in [4.69, 9.17) is 9.47 Å². The lowest BCUT2D eigenvalue weighted by Crippen LogP contribution is -2.20. The number of hydrogen-bond acceptors (Lipinski definition) is 5. The van der Waals surface area contributed by atoms with E-state index in [1.165, 1.54) is 12.8 Å². The van der Waals surface area contributed by atoms with Gasteiger partial charge < -0.3 is 14.4 Å². The van der Waals surface area contributed by atoms with Gasteiger partial charge in [0.15, 0.2) is 0 Å². The highest BCUT2D eigenvalue weighted by molar-refractivity contribution is 5.37. The van der Waals surface area contributed by atoms with Crippen LogP contribution in [-0.4, -0.2) is 37.3 Å². The van der Waals surface area contributed by atoms with Crippen molar-refractivity contribution in [2.24, 2.45) is 0 Å². The third kappa shape index (κ3) is 2.11. The molecule has 2 rings (SSSR count). The van der Waals surface area contributed by atoms with E-state index < -0.39 is 0 Å². The largest absolute Gasteiger partial charge is 0.481 e. The highest BCUT2D eigenvalue weighted by atomic mass is 16.5. The Morgan fingerprint density at radius 1 is 1.07 bits per heavy atom. The lowest BCUT2D eigenvalue weighted by atomic mass is 10.4. The molecule has 0 atom stereocenters. The van der Waals surface area contributed by atoms with E-state index in [0.717, 1.165) is 13.1 Å². The van der Waals surface area contributed by atoms with E-state index in [1.807, 2.05) is 0 Å². The van der Waals surface area contributed by atoms with Gasteiger partial charge in [-0.05, 0) is 12.8 Å². The molecule has 1 fully saturated rings. The van der Waals surface area contributed by atoms with Gasteiger partial charge in [-0.1, -0.05) is 0 Å². The smallest absolute Gasteiger partial charge is 0.231 e. The molecule has 2 heterocycles. The molecule has 0 radical (unpaired) electrons. The fraction of sp³-hybridized carbons (Fsp3) is 0.600. The van der Waals surface area contributed by atoms with Crippen molar-refractivity contribution in [1.29, 1.82) is 0 Å². The van der Waals surface area contributed by atoms with E-state index in [-0.39, 0.29) is 0 Å². The number of ether oxygens (including phenoxy) is 2. The van der Waals surface area contributed by atoms with Crippen LogP contribution in [0.5, 0.6) is 11.8 Å². The first-order valence-electron chi connectivity index (χ1n) is 5.05. The van der Waals surface area contributed by atoms with Gasteiger partial charge in [-0.2, -0.15) is 9.97 Å². The summed E-state index contributed by atoms with van der Waals surface area (Å²) in [6, 6.07) is 1.68. The fourth-order valence-corrected chi connectivity index (χ4v) is 1.66. The molecule has 0 saturated carbocycles. The second-order valence-corrected chi connectivity index (χ2v) is 3.45. The maximum absolute atomic E-state index is 5.10. The Kier molecular flexibility index (Phi) is 2.89. The van der Waals surface area contributed by atoms with E-state index in [1.54, 1.807) is 20.3 Å². The molecule has 0 aromatic carbocycles. The zero-order valence-corrected chi connectivity index (χ0v) is 9.06. The van der Waals surface area contributed by atoms with Gasteiger partial charge in [-0.3, -0.25) is 0 Å². The third-order valence-electron chi connectivity index (χ3n) is 2.47. The molecule has 1 saturated heterocycles. The second kappa shape index (κ2) is 4.33. The summed E-state index contributed by atoms with van der Waals surface area (Å²) in [6.45, 7) is 2.02. The lowest BCUT2D eigenvalue weighted by molar-refractivity contribution is 0.372. The van der Waals surface area contributed by atoms with Gasteiger partial charge in [-0.25, -0.2) is 0 Å². The van der Waals surface area contributed by atoms with Crippen LogP contribution < -0.4 is 14.4 Å². The van der Waals surface area contributed by atoms with Gasteiger partial charge in [0, 0.05) is 13.1 Å². The van der Waals surface area contributed by atoms with Crippen molar-refractivity contribution in [3.8, 4) is 11.8 Å². The SMILES string of the molecule is COc1cc(OC)nc(N2CCCC2)n1. The second-order valence-electron chi connectivity index (χ2n) is 3.45. The minimum atomic E-state index is 0.545. The van der Waals surface area contributed by atoms with E-state index in [2.05, 4.69) is 14.9 Å². The van der Waals surface area contributed by atoms with Crippen molar-refractivity contribution in [2.75, 3.05) is 32.2 Å². The summed E-state index contributed by atoms with van der Waals surface area (Å²) in [4.78, 5) is 10.7. The molecule has 1 aromatic rings. The Hall–Kier alpha value is -1.52. The van der Waals surface area contributed by atoms with Crippen LogP contribution in [-0.2, 0) is 0 Å². The van der Waals surface area contributed by atoms with Gasteiger partial charge >= 0.3 is 0 Å². The number of nitrogens with zero attached hydrogens (tertiary/aromatic N) is 3. The molecule has 1 aliphatic heterocycles. The van der Waals surface area contributed by atoms with Crippen LogP contribution in [0.25, 0.3) is 0 Å². The monoisotopic (exact) mass is 209 g/mol. The quantitative estimate of drug-likeness (QED) is 0.745. The van der Waals surface area contributed by atoms with Gasteiger partial charge in [0.1, 0.15) is 0 Å². The summed E-state index contributed by atoms with van der Waals surface area (Å²) in [5, 5.41) is 0. The standard InChI is InChI=1S/C10H15N3O2/c1-14-8-7-9(15-2)12-10(11-8)13-5-3-4-6-13/h7H,3-6H2,1-2H3. The molecule has 0 unspecified atom stereocenters. The summed E-state index contributed by atoms with van der Waals surface area (Å²) in [5.41, 5.74) is 0. The zero-order chi connectivity index (χ0) is 10.7. The van der Waals surface area contributed by atoms with Crippen LogP contribution in [0.4, 0.5) is 5.95 Å². The number of methoxy groups -OCH3 is 2. The molecule has 1 aliphatic rings. The van der Waals surface area contributed by atoms with E-state index in [0.29, 0.717) is 17.7 Å². The van der Waals surface area contributed by atoms with Gasteiger partial charge in [0.25, 0.3) is 0 Å². The lowest BCUT2D eigenvalue weighted by Gasteiger charge is -2.16. The summed E-state index contributed by atoms with van der Waals surface area (Å²) < 4.78 is 10.2. The normalized spacial score (nSPS) is 15.5. The molecule has 0 spiro atoms. The Morgan fingerprint density at radius 2 is 1.60 bits per heavy atom. The Balaban J connectivity index is 2.28. The van der Waals surface area contributed by atoms with Gasteiger partial charge in [-0.15, -0.1) is 0 Å². The average molecular weight is 209 g/mol. The topological polar surface area (TPSA) is 47.5 Å². The molecule has 0 aliphatic carbocycles. The van der Waals surface area contributed by atoms with Crippen molar-refractivity contribution >= 4 is 5.95 Å². The molecule has 5 heteroatoms. The van der Waals surface area contributed by atoms with Crippen molar-refractivity contribution in [3.05, 3.63) is 6.07 Å². The number of aromatic nitrogens is 2. The van der Waals surface area contributed by atoms with Crippen LogP contribution >= 0.6 is 0 Å². The predicted octanol–water partition coefficient (Wildman–Crippen LogP) is 1.09. The fourth-order valence-electron chi connectivity index (χ4n) is 1.66. The van der Waals surface area contributed by atoms with Gasteiger partial charge in [0.2, 0.25) is 17.7 Å². The van der Waals surface area contributed by atoms with Crippen molar-refractivity contribution < 1.29 is 9.47 Å². The highest BCUT2D eigenvalue weighted by Crippen LogP contribution is 2.22. The third-order valence-corrected chi connectivity index (χ3v) is 2.47. The summed E-state index contributed by atoms with van der Waals surface area (Å²) in [7, 11) is 3.19. The van der Waals surface area contributed by atoms with Crippen LogP contribution in [0.2, 0.25) is 0 Å². The maximum Gasteiger partial charge on any atom is 0.231 e. The zero-order valence-electron chi connectivity index (χ0n) is 9.06. The molecule has 5 nitrogen and oxygen atoms in total. The summed E-state index contributed by atoms with van der Waals surface area (Å²) in [6.07, 6.45) is 2.39. The summed E-state index contributed by atoms with van der Waals surface area (Å²) in [5.74, 6) is 1.79. The van der Waals surface area contributed by atoms with Crippen molar-refractivity contribution in [1.82, 2.24) is 9.97 Å². The van der Waals surface area contributed by atoms with E-state index in [9.17, 15) is 0 Å². The molecule has 15 heavy (non-hydrogen) atoms. The van der Waals surface area contributed by atoms with Crippen LogP contribution in [0.15, 0.2) is 6.07 Å². The predicted molar refractivity (Wildman–Crippen MR) is 56.6 cm³/mol. The minimum Gasteiger partial charge on any atom is -0.481 e. The molecule has 0 amide bonds. The highest BCUT2D eigenvalue weighted by Gasteiger charge is 2.16. The first-order chi connectivity index (χ1) is 7.33. The molecule has 82 valence electrons. The molecular formula is C10H15N3O2. The van der Waals surface area contributed by atoms with Crippen molar-refractivity contribution in [3.63, 3.8) is 0 Å². The molecule has 0 N–H and O–H groups in total. The van der Waals surface area contributed by atoms with Gasteiger partial charge in [0.05, 0.1) is 20.3 Å². The van der Waals surface area contributed by atoms with Crippen LogP contribution in [0.3, 0.4) is 0 Å². The van der Waals surface area contributed by atoms with Crippen LogP contribution in [0, 0.1) is 0 Å². The maximum atomic E-state index is 5.10.